The van der Waals surface area contributed by atoms with Crippen molar-refractivity contribution in [2.75, 3.05) is 53.6 Å². The van der Waals surface area contributed by atoms with E-state index in [1.54, 1.807) is 14.2 Å². The van der Waals surface area contributed by atoms with E-state index in [9.17, 15) is 0 Å². The number of nitrogens with two attached hydrogens (primary N) is 1. The van der Waals surface area contributed by atoms with Crippen LogP contribution < -0.4 is 20.5 Å². The number of aliphatic imine (C=N–C) groups is 1. The molecule has 0 bridgehead atoms. The van der Waals surface area contributed by atoms with Crippen molar-refractivity contribution >= 4 is 45.9 Å². The summed E-state index contributed by atoms with van der Waals surface area (Å²) in [6, 6.07) is 3.86. The van der Waals surface area contributed by atoms with Crippen LogP contribution in [0.5, 0.6) is 11.5 Å². The maximum atomic E-state index is 5.94. The first-order valence-electron chi connectivity index (χ1n) is 8.38. The Morgan fingerprint density at radius 3 is 2.69 bits per heavy atom. The molecule has 1 heterocycles. The van der Waals surface area contributed by atoms with Gasteiger partial charge in [0.2, 0.25) is 0 Å². The summed E-state index contributed by atoms with van der Waals surface area (Å²) in [5, 5.41) is 3.16. The third kappa shape index (κ3) is 7.45. The monoisotopic (exact) mass is 542 g/mol. The molecule has 0 aliphatic carbocycles. The highest BCUT2D eigenvalue weighted by molar-refractivity contribution is 14.0. The Morgan fingerprint density at radius 1 is 1.31 bits per heavy atom. The van der Waals surface area contributed by atoms with E-state index >= 15 is 0 Å². The number of ether oxygens (including phenoxy) is 3. The first-order valence-corrected chi connectivity index (χ1v) is 9.17. The number of hydrogen-bond donors (Lipinski definition) is 2. The number of nitrogens with zero attached hydrogens (tertiary/aromatic N) is 2. The van der Waals surface area contributed by atoms with E-state index in [1.165, 1.54) is 0 Å². The van der Waals surface area contributed by atoms with Crippen LogP contribution in [0.15, 0.2) is 21.6 Å². The van der Waals surface area contributed by atoms with Gasteiger partial charge in [0, 0.05) is 19.6 Å². The van der Waals surface area contributed by atoms with Crippen LogP contribution in [0.3, 0.4) is 0 Å². The van der Waals surface area contributed by atoms with E-state index < -0.39 is 0 Å². The van der Waals surface area contributed by atoms with Crippen LogP contribution >= 0.6 is 39.9 Å². The number of methoxy groups -OCH3 is 2. The Balaban J connectivity index is 0.00000338. The highest BCUT2D eigenvalue weighted by Crippen LogP contribution is 2.36. The molecule has 2 rings (SSSR count). The molecule has 1 aromatic carbocycles. The summed E-state index contributed by atoms with van der Waals surface area (Å²) < 4.78 is 16.8. The fourth-order valence-electron chi connectivity index (χ4n) is 2.64. The van der Waals surface area contributed by atoms with Crippen molar-refractivity contribution < 1.29 is 14.2 Å². The summed E-state index contributed by atoms with van der Waals surface area (Å²) in [4.78, 5) is 6.79. The third-order valence-electron chi connectivity index (χ3n) is 3.99. The topological polar surface area (TPSA) is 81.3 Å². The Hall–Kier alpha value is -0.780. The molecule has 0 spiro atoms. The van der Waals surface area contributed by atoms with Crippen LogP contribution in [0, 0.1) is 0 Å². The van der Waals surface area contributed by atoms with Crippen LogP contribution in [0.2, 0.25) is 0 Å². The lowest BCUT2D eigenvalue weighted by Gasteiger charge is -2.26. The van der Waals surface area contributed by atoms with Crippen LogP contribution in [-0.2, 0) is 11.3 Å². The molecule has 7 nitrogen and oxygen atoms in total. The predicted octanol–water partition coefficient (Wildman–Crippen LogP) is 2.21. The summed E-state index contributed by atoms with van der Waals surface area (Å²) in [6.07, 6.45) is 1.03. The van der Waals surface area contributed by atoms with Gasteiger partial charge in [-0.2, -0.15) is 0 Å². The number of morpholine rings is 1. The second-order valence-electron chi connectivity index (χ2n) is 5.75. The van der Waals surface area contributed by atoms with Crippen LogP contribution in [-0.4, -0.2) is 64.5 Å². The van der Waals surface area contributed by atoms with E-state index in [4.69, 9.17) is 19.9 Å². The lowest BCUT2D eigenvalue weighted by atomic mass is 10.2. The average molecular weight is 543 g/mol. The molecule has 1 fully saturated rings. The summed E-state index contributed by atoms with van der Waals surface area (Å²) in [5.74, 6) is 1.79. The van der Waals surface area contributed by atoms with Gasteiger partial charge in [0.05, 0.1) is 38.5 Å². The maximum Gasteiger partial charge on any atom is 0.188 e. The molecule has 0 atom stereocenters. The van der Waals surface area contributed by atoms with Gasteiger partial charge in [0.25, 0.3) is 0 Å². The van der Waals surface area contributed by atoms with Gasteiger partial charge < -0.3 is 25.3 Å². The molecule has 3 N–H and O–H groups in total. The third-order valence-corrected chi connectivity index (χ3v) is 4.58. The second kappa shape index (κ2) is 12.6. The van der Waals surface area contributed by atoms with Gasteiger partial charge in [-0.1, -0.05) is 0 Å². The minimum atomic E-state index is 0. The van der Waals surface area contributed by atoms with Crippen molar-refractivity contribution in [2.45, 2.75) is 13.0 Å². The Bertz CT molecular complexity index is 583. The van der Waals surface area contributed by atoms with Crippen molar-refractivity contribution in [3.05, 3.63) is 22.2 Å². The molecule has 0 unspecified atom stereocenters. The van der Waals surface area contributed by atoms with E-state index in [0.29, 0.717) is 24.0 Å². The number of benzene rings is 1. The number of halogens is 2. The maximum absolute atomic E-state index is 5.94. The quantitative estimate of drug-likeness (QED) is 0.227. The van der Waals surface area contributed by atoms with Crippen molar-refractivity contribution in [1.82, 2.24) is 10.2 Å². The number of guanidine groups is 1. The molecule has 0 amide bonds. The largest absolute Gasteiger partial charge is 0.493 e. The van der Waals surface area contributed by atoms with E-state index in [0.717, 1.165) is 55.8 Å². The van der Waals surface area contributed by atoms with E-state index in [1.807, 2.05) is 12.1 Å². The zero-order valence-electron chi connectivity index (χ0n) is 15.3. The van der Waals surface area contributed by atoms with Gasteiger partial charge in [-0.3, -0.25) is 4.90 Å². The molecule has 0 radical (unpaired) electrons. The molecule has 9 heteroatoms. The van der Waals surface area contributed by atoms with Gasteiger partial charge in [-0.05, 0) is 46.6 Å². The fraction of sp³-hybridized carbons (Fsp3) is 0.588. The van der Waals surface area contributed by atoms with Crippen LogP contribution in [0.1, 0.15) is 12.0 Å². The normalized spacial score (nSPS) is 15.3. The second-order valence-corrected chi connectivity index (χ2v) is 6.60. The zero-order valence-corrected chi connectivity index (χ0v) is 19.2. The zero-order chi connectivity index (χ0) is 18.1. The fourth-order valence-corrected chi connectivity index (χ4v) is 3.29. The van der Waals surface area contributed by atoms with Crippen LogP contribution in [0.25, 0.3) is 0 Å². The van der Waals surface area contributed by atoms with Crippen molar-refractivity contribution in [1.29, 1.82) is 0 Å². The molecular formula is C17H28BrIN4O3. The lowest BCUT2D eigenvalue weighted by Crippen LogP contribution is -2.39. The van der Waals surface area contributed by atoms with E-state index in [2.05, 4.69) is 31.1 Å². The number of nitrogens with one attached hydrogen (secondary N) is 1. The predicted molar refractivity (Wildman–Crippen MR) is 118 cm³/mol. The SMILES string of the molecule is COc1cc(CN=C(N)NCCCN2CCOCC2)cc(Br)c1OC.I. The van der Waals surface area contributed by atoms with Crippen LogP contribution in [0.4, 0.5) is 0 Å². The molecule has 26 heavy (non-hydrogen) atoms. The molecular weight excluding hydrogens is 515 g/mol. The standard InChI is InChI=1S/C17H27BrN4O3.HI/c1-23-15-11-13(10-14(18)16(15)24-2)12-21-17(19)20-4-3-5-22-6-8-25-9-7-22;/h10-11H,3-9,12H2,1-2H3,(H3,19,20,21);1H. The van der Waals surface area contributed by atoms with Gasteiger partial charge in [0.1, 0.15) is 0 Å². The minimum absolute atomic E-state index is 0. The Morgan fingerprint density at radius 2 is 2.04 bits per heavy atom. The van der Waals surface area contributed by atoms with Crippen molar-refractivity contribution in [3.8, 4) is 11.5 Å². The number of rotatable bonds is 8. The first-order chi connectivity index (χ1) is 12.1. The molecule has 1 aliphatic rings. The smallest absolute Gasteiger partial charge is 0.188 e. The first kappa shape index (κ1) is 23.3. The molecule has 1 aliphatic heterocycles. The Labute approximate surface area is 180 Å². The summed E-state index contributed by atoms with van der Waals surface area (Å²) in [5.41, 5.74) is 6.93. The van der Waals surface area contributed by atoms with Crippen molar-refractivity contribution in [3.63, 3.8) is 0 Å². The van der Waals surface area contributed by atoms with Gasteiger partial charge >= 0.3 is 0 Å². The summed E-state index contributed by atoms with van der Waals surface area (Å²) >= 11 is 3.48. The average Bonchev–Trinajstić information content (AvgIpc) is 2.64. The lowest BCUT2D eigenvalue weighted by molar-refractivity contribution is 0.0376. The highest BCUT2D eigenvalue weighted by atomic mass is 127. The highest BCUT2D eigenvalue weighted by Gasteiger charge is 2.11. The van der Waals surface area contributed by atoms with E-state index in [-0.39, 0.29) is 24.0 Å². The van der Waals surface area contributed by atoms with Crippen molar-refractivity contribution in [2.24, 2.45) is 10.7 Å². The molecule has 0 aromatic heterocycles. The molecule has 1 saturated heterocycles. The summed E-state index contributed by atoms with van der Waals surface area (Å²) in [6.45, 7) is 6.02. The molecule has 1 aromatic rings. The Kier molecular flexibility index (Phi) is 11.3. The summed E-state index contributed by atoms with van der Waals surface area (Å²) in [7, 11) is 3.22. The number of hydrogen-bond acceptors (Lipinski definition) is 5. The minimum Gasteiger partial charge on any atom is -0.493 e. The molecule has 0 saturated carbocycles. The van der Waals surface area contributed by atoms with Gasteiger partial charge in [-0.25, -0.2) is 4.99 Å². The van der Waals surface area contributed by atoms with Gasteiger partial charge in [0.15, 0.2) is 17.5 Å². The van der Waals surface area contributed by atoms with Gasteiger partial charge in [-0.15, -0.1) is 24.0 Å². The molecule has 148 valence electrons.